The number of ether oxygens (including phenoxy) is 1. The Bertz CT molecular complexity index is 631. The monoisotopic (exact) mass is 363 g/mol. The van der Waals surface area contributed by atoms with Gasteiger partial charge in [0, 0.05) is 11.3 Å². The van der Waals surface area contributed by atoms with Crippen LogP contribution in [0.3, 0.4) is 0 Å². The number of rotatable bonds is 6. The second kappa shape index (κ2) is 8.35. The first-order valence-corrected chi connectivity index (χ1v) is 10.5. The maximum absolute atomic E-state index is 12.4. The first-order valence-electron chi connectivity index (χ1n) is 9.65. The van der Waals surface area contributed by atoms with Gasteiger partial charge in [0.25, 0.3) is 0 Å². The Hall–Kier alpha value is -1.36. The minimum absolute atomic E-state index is 0.0303. The van der Waals surface area contributed by atoms with Crippen molar-refractivity contribution >= 4 is 28.2 Å². The molecular formula is C20H29NO3S. The zero-order valence-electron chi connectivity index (χ0n) is 15.4. The van der Waals surface area contributed by atoms with Crippen molar-refractivity contribution in [1.82, 2.24) is 0 Å². The number of esters is 1. The summed E-state index contributed by atoms with van der Waals surface area (Å²) < 4.78 is 4.99. The summed E-state index contributed by atoms with van der Waals surface area (Å²) in [6.45, 7) is 2.22. The molecule has 1 atom stereocenters. The largest absolute Gasteiger partial charge is 0.465 e. The van der Waals surface area contributed by atoms with Gasteiger partial charge in [-0.25, -0.2) is 4.79 Å². The van der Waals surface area contributed by atoms with Crippen LogP contribution in [0.25, 0.3) is 0 Å². The van der Waals surface area contributed by atoms with Gasteiger partial charge in [-0.05, 0) is 43.1 Å². The van der Waals surface area contributed by atoms with Crippen molar-refractivity contribution in [2.24, 2.45) is 11.8 Å². The zero-order chi connectivity index (χ0) is 17.8. The summed E-state index contributed by atoms with van der Waals surface area (Å²) in [5.74, 6) is 1.09. The van der Waals surface area contributed by atoms with Gasteiger partial charge < -0.3 is 10.1 Å². The van der Waals surface area contributed by atoms with Gasteiger partial charge in [-0.15, -0.1) is 11.3 Å². The Labute approximate surface area is 154 Å². The number of hydrogen-bond donors (Lipinski definition) is 1. The third-order valence-electron chi connectivity index (χ3n) is 5.84. The Morgan fingerprint density at radius 3 is 2.64 bits per heavy atom. The molecule has 3 rings (SSSR count). The maximum Gasteiger partial charge on any atom is 0.341 e. The zero-order valence-corrected chi connectivity index (χ0v) is 16.2. The van der Waals surface area contributed by atoms with E-state index in [1.165, 1.54) is 37.7 Å². The Morgan fingerprint density at radius 2 is 1.96 bits per heavy atom. The lowest BCUT2D eigenvalue weighted by molar-refractivity contribution is -0.116. The SMILES string of the molecule is CCC1CCc2c(sc(NC(=O)CCC3CCCC3)c2C(=O)OC)C1. The van der Waals surface area contributed by atoms with Gasteiger partial charge in [0.2, 0.25) is 5.91 Å². The molecule has 1 saturated carbocycles. The van der Waals surface area contributed by atoms with Gasteiger partial charge >= 0.3 is 5.97 Å². The van der Waals surface area contributed by atoms with Crippen LogP contribution >= 0.6 is 11.3 Å². The average Bonchev–Trinajstić information content (AvgIpc) is 3.25. The first-order chi connectivity index (χ1) is 12.1. The van der Waals surface area contributed by atoms with Gasteiger partial charge in [0.05, 0.1) is 12.7 Å². The van der Waals surface area contributed by atoms with Crippen molar-refractivity contribution in [3.63, 3.8) is 0 Å². The molecule has 1 aromatic heterocycles. The van der Waals surface area contributed by atoms with E-state index < -0.39 is 0 Å². The predicted molar refractivity (Wildman–Crippen MR) is 101 cm³/mol. The number of amides is 1. The number of carbonyl (C=O) groups excluding carboxylic acids is 2. The van der Waals surface area contributed by atoms with Gasteiger partial charge in [-0.3, -0.25) is 4.79 Å². The quantitative estimate of drug-likeness (QED) is 0.727. The Balaban J connectivity index is 1.72. The highest BCUT2D eigenvalue weighted by molar-refractivity contribution is 7.17. The van der Waals surface area contributed by atoms with Crippen molar-refractivity contribution in [3.05, 3.63) is 16.0 Å². The fourth-order valence-corrected chi connectivity index (χ4v) is 5.60. The molecule has 138 valence electrons. The van der Waals surface area contributed by atoms with Crippen molar-refractivity contribution in [2.45, 2.75) is 71.1 Å². The molecule has 0 radical (unpaired) electrons. The fraction of sp³-hybridized carbons (Fsp3) is 0.700. The number of nitrogens with one attached hydrogen (secondary N) is 1. The molecule has 0 aliphatic heterocycles. The van der Waals surface area contributed by atoms with Crippen LogP contribution in [0.4, 0.5) is 5.00 Å². The van der Waals surface area contributed by atoms with Crippen molar-refractivity contribution in [2.75, 3.05) is 12.4 Å². The molecule has 0 saturated heterocycles. The van der Waals surface area contributed by atoms with E-state index >= 15 is 0 Å². The molecule has 2 aliphatic carbocycles. The summed E-state index contributed by atoms with van der Waals surface area (Å²) in [7, 11) is 1.41. The maximum atomic E-state index is 12.4. The molecule has 1 heterocycles. The van der Waals surface area contributed by atoms with E-state index in [0.29, 0.717) is 28.8 Å². The van der Waals surface area contributed by atoms with E-state index in [1.54, 1.807) is 11.3 Å². The van der Waals surface area contributed by atoms with Gasteiger partial charge in [0.1, 0.15) is 5.00 Å². The van der Waals surface area contributed by atoms with Crippen LogP contribution in [-0.2, 0) is 22.4 Å². The van der Waals surface area contributed by atoms with E-state index in [-0.39, 0.29) is 11.9 Å². The molecule has 1 fully saturated rings. The lowest BCUT2D eigenvalue weighted by Gasteiger charge is -2.20. The summed E-state index contributed by atoms with van der Waals surface area (Å²) in [6.07, 6.45) is 10.8. The molecule has 0 spiro atoms. The number of fused-ring (bicyclic) bond motifs is 1. The minimum Gasteiger partial charge on any atom is -0.465 e. The van der Waals surface area contributed by atoms with Gasteiger partial charge in [-0.1, -0.05) is 39.0 Å². The Kier molecular flexibility index (Phi) is 6.15. The minimum atomic E-state index is -0.321. The van der Waals surface area contributed by atoms with Gasteiger partial charge in [0.15, 0.2) is 0 Å². The molecular weight excluding hydrogens is 334 g/mol. The standard InChI is InChI=1S/C20H29NO3S/c1-3-13-8-10-15-16(12-13)25-19(18(15)20(23)24-2)21-17(22)11-9-14-6-4-5-7-14/h13-14H,3-12H2,1-2H3,(H,21,22). The van der Waals surface area contributed by atoms with Gasteiger partial charge in [-0.2, -0.15) is 0 Å². The van der Waals surface area contributed by atoms with Crippen LogP contribution in [-0.4, -0.2) is 19.0 Å². The molecule has 2 aliphatic rings. The average molecular weight is 364 g/mol. The third-order valence-corrected chi connectivity index (χ3v) is 7.01. The fourth-order valence-electron chi connectivity index (χ4n) is 4.23. The highest BCUT2D eigenvalue weighted by Gasteiger charge is 2.29. The molecule has 25 heavy (non-hydrogen) atoms. The molecule has 0 aromatic carbocycles. The normalized spacial score (nSPS) is 20.3. The number of thiophene rings is 1. The molecule has 5 heteroatoms. The highest BCUT2D eigenvalue weighted by Crippen LogP contribution is 2.41. The summed E-state index contributed by atoms with van der Waals surface area (Å²) in [5, 5.41) is 3.72. The molecule has 1 unspecified atom stereocenters. The molecule has 1 N–H and O–H groups in total. The first kappa shape index (κ1) is 18.4. The predicted octanol–water partition coefficient (Wildman–Crippen LogP) is 4.96. The lowest BCUT2D eigenvalue weighted by Crippen LogP contribution is -2.16. The molecule has 0 bridgehead atoms. The Morgan fingerprint density at radius 1 is 1.20 bits per heavy atom. The van der Waals surface area contributed by atoms with Crippen LogP contribution in [0.1, 0.15) is 79.1 Å². The van der Waals surface area contributed by atoms with Crippen LogP contribution in [0, 0.1) is 11.8 Å². The van der Waals surface area contributed by atoms with E-state index in [9.17, 15) is 9.59 Å². The van der Waals surface area contributed by atoms with Crippen molar-refractivity contribution < 1.29 is 14.3 Å². The van der Waals surface area contributed by atoms with Crippen LogP contribution in [0.15, 0.2) is 0 Å². The number of carbonyl (C=O) groups is 2. The molecule has 1 aromatic rings. The summed E-state index contributed by atoms with van der Waals surface area (Å²) in [6, 6.07) is 0. The summed E-state index contributed by atoms with van der Waals surface area (Å²) >= 11 is 1.58. The van der Waals surface area contributed by atoms with E-state index in [0.717, 1.165) is 37.7 Å². The topological polar surface area (TPSA) is 55.4 Å². The van der Waals surface area contributed by atoms with Crippen LogP contribution < -0.4 is 5.32 Å². The second-order valence-corrected chi connectivity index (χ2v) is 8.56. The van der Waals surface area contributed by atoms with Crippen LogP contribution in [0.5, 0.6) is 0 Å². The highest BCUT2D eigenvalue weighted by atomic mass is 32.1. The molecule has 4 nitrogen and oxygen atoms in total. The van der Waals surface area contributed by atoms with E-state index in [1.807, 2.05) is 0 Å². The number of hydrogen-bond acceptors (Lipinski definition) is 4. The lowest BCUT2D eigenvalue weighted by atomic mass is 9.85. The number of anilines is 1. The summed E-state index contributed by atoms with van der Waals surface area (Å²) in [4.78, 5) is 26.0. The van der Waals surface area contributed by atoms with Crippen molar-refractivity contribution in [1.29, 1.82) is 0 Å². The third kappa shape index (κ3) is 4.25. The smallest absolute Gasteiger partial charge is 0.341 e. The van der Waals surface area contributed by atoms with Crippen LogP contribution in [0.2, 0.25) is 0 Å². The second-order valence-electron chi connectivity index (χ2n) is 7.45. The molecule has 1 amide bonds. The number of methoxy groups -OCH3 is 1. The van der Waals surface area contributed by atoms with E-state index in [4.69, 9.17) is 4.74 Å². The van der Waals surface area contributed by atoms with Crippen molar-refractivity contribution in [3.8, 4) is 0 Å². The summed E-state index contributed by atoms with van der Waals surface area (Å²) in [5.41, 5.74) is 1.71. The van der Waals surface area contributed by atoms with E-state index in [2.05, 4.69) is 12.2 Å².